The Hall–Kier alpha value is -4.09. The molecule has 0 radical (unpaired) electrons. The fourth-order valence-electron chi connectivity index (χ4n) is 5.79. The van der Waals surface area contributed by atoms with Crippen LogP contribution in [0.4, 0.5) is 15.8 Å². The fraction of sp³-hybridized carbons (Fsp3) is 0.229. The first kappa shape index (κ1) is 27.1. The summed E-state index contributed by atoms with van der Waals surface area (Å²) in [4.78, 5) is 4.69. The molecule has 1 N–H and O–H groups in total. The van der Waals surface area contributed by atoms with Crippen molar-refractivity contribution in [2.24, 2.45) is 10.9 Å². The normalized spacial score (nSPS) is 19.1. The lowest BCUT2D eigenvalue weighted by Gasteiger charge is -2.37. The Labute approximate surface area is 245 Å². The van der Waals surface area contributed by atoms with Gasteiger partial charge in [0.1, 0.15) is 12.4 Å². The minimum Gasteiger partial charge on any atom is -0.490 e. The number of rotatable bonds is 8. The van der Waals surface area contributed by atoms with Crippen molar-refractivity contribution in [3.63, 3.8) is 0 Å². The molecule has 4 aromatic carbocycles. The van der Waals surface area contributed by atoms with E-state index in [2.05, 4.69) is 59.7 Å². The minimum absolute atomic E-state index is 0.0466. The van der Waals surface area contributed by atoms with Crippen LogP contribution in [0.25, 0.3) is 0 Å². The van der Waals surface area contributed by atoms with Crippen LogP contribution in [0.3, 0.4) is 0 Å². The van der Waals surface area contributed by atoms with E-state index < -0.39 is 0 Å². The first-order chi connectivity index (χ1) is 20.0. The van der Waals surface area contributed by atoms with Gasteiger partial charge in [0.25, 0.3) is 0 Å². The second kappa shape index (κ2) is 11.8. The van der Waals surface area contributed by atoms with Crippen molar-refractivity contribution in [3.8, 4) is 11.5 Å². The number of hydrogen-bond donors (Lipinski definition) is 1. The molecule has 41 heavy (non-hydrogen) atoms. The molecule has 1 heterocycles. The molecule has 0 bridgehead atoms. The van der Waals surface area contributed by atoms with Crippen LogP contribution in [0.2, 0.25) is 5.02 Å². The van der Waals surface area contributed by atoms with E-state index in [-0.39, 0.29) is 18.5 Å². The van der Waals surface area contributed by atoms with Gasteiger partial charge in [-0.15, -0.1) is 0 Å². The first-order valence-electron chi connectivity index (χ1n) is 14.0. The lowest BCUT2D eigenvalue weighted by atomic mass is 9.76. The average molecular weight is 567 g/mol. The van der Waals surface area contributed by atoms with Crippen molar-refractivity contribution in [2.45, 2.75) is 38.8 Å². The van der Waals surface area contributed by atoms with E-state index in [9.17, 15) is 4.39 Å². The van der Waals surface area contributed by atoms with Gasteiger partial charge in [-0.1, -0.05) is 71.8 Å². The molecule has 6 heteroatoms. The summed E-state index contributed by atoms with van der Waals surface area (Å²) in [5.41, 5.74) is 7.24. The van der Waals surface area contributed by atoms with Crippen LogP contribution in [0, 0.1) is 18.7 Å². The van der Waals surface area contributed by atoms with Crippen LogP contribution in [-0.4, -0.2) is 12.8 Å². The topological polar surface area (TPSA) is 42.8 Å². The van der Waals surface area contributed by atoms with Gasteiger partial charge < -0.3 is 14.8 Å². The molecule has 4 aromatic rings. The van der Waals surface area contributed by atoms with Crippen molar-refractivity contribution in [3.05, 3.63) is 130 Å². The lowest BCUT2D eigenvalue weighted by Crippen LogP contribution is -2.29. The molecule has 0 unspecified atom stereocenters. The van der Waals surface area contributed by atoms with E-state index in [1.54, 1.807) is 30.5 Å². The van der Waals surface area contributed by atoms with E-state index in [4.69, 9.17) is 21.1 Å². The highest BCUT2D eigenvalue weighted by atomic mass is 35.5. The maximum Gasteiger partial charge on any atom is 0.180 e. The largest absolute Gasteiger partial charge is 0.490 e. The van der Waals surface area contributed by atoms with Gasteiger partial charge >= 0.3 is 0 Å². The number of benzene rings is 4. The van der Waals surface area contributed by atoms with Gasteiger partial charge in [-0.25, -0.2) is 4.39 Å². The molecule has 0 saturated heterocycles. The number of allylic oxidation sites excluding steroid dienone is 2. The number of hydrogen-bond acceptors (Lipinski definition) is 4. The van der Waals surface area contributed by atoms with Gasteiger partial charge in [0.05, 0.1) is 23.4 Å². The van der Waals surface area contributed by atoms with Gasteiger partial charge in [-0.05, 0) is 79.3 Å². The summed E-state index contributed by atoms with van der Waals surface area (Å²) in [5.74, 6) is 1.49. The van der Waals surface area contributed by atoms with Crippen LogP contribution >= 0.6 is 11.6 Å². The molecule has 0 spiro atoms. The SMILES string of the molecule is CCOc1cc(C=Nc2ccc([C@@H]3Nc4ccc(C)cc4[C@@H]4C=CC[C@@H]43)cc2)cc(Cl)c1OCc1ccccc1F. The number of aliphatic imine (C=N–C) groups is 1. The van der Waals surface area contributed by atoms with Crippen molar-refractivity contribution < 1.29 is 13.9 Å². The summed E-state index contributed by atoms with van der Waals surface area (Å²) in [7, 11) is 0. The van der Waals surface area contributed by atoms with Crippen molar-refractivity contribution in [1.82, 2.24) is 0 Å². The maximum absolute atomic E-state index is 14.1. The molecule has 1 aliphatic carbocycles. The summed E-state index contributed by atoms with van der Waals surface area (Å²) in [6.07, 6.45) is 7.52. The molecule has 0 saturated carbocycles. The number of fused-ring (bicyclic) bond motifs is 3. The zero-order chi connectivity index (χ0) is 28.3. The highest BCUT2D eigenvalue weighted by molar-refractivity contribution is 6.32. The number of aryl methyl sites for hydroxylation is 1. The van der Waals surface area contributed by atoms with Crippen LogP contribution in [0.5, 0.6) is 11.5 Å². The Morgan fingerprint density at radius 1 is 1.02 bits per heavy atom. The van der Waals surface area contributed by atoms with Crippen molar-refractivity contribution in [2.75, 3.05) is 11.9 Å². The average Bonchev–Trinajstić information content (AvgIpc) is 3.47. The standard InChI is InChI=1S/C35H32ClFN2O2/c1-3-40-33-19-23(18-30(36)35(33)41-21-25-7-4-5-10-31(25)37)20-38-26-14-12-24(13-15-26)34-28-9-6-8-27(28)29-17-22(2)11-16-32(29)39-34/h4-8,10-20,27-28,34,39H,3,9,21H2,1-2H3/t27-,28+,34+/m1/s1. The monoisotopic (exact) mass is 566 g/mol. The first-order valence-corrected chi connectivity index (χ1v) is 14.4. The predicted octanol–water partition coefficient (Wildman–Crippen LogP) is 9.34. The zero-order valence-electron chi connectivity index (χ0n) is 23.1. The van der Waals surface area contributed by atoms with Gasteiger partial charge in [0, 0.05) is 23.4 Å². The lowest BCUT2D eigenvalue weighted by molar-refractivity contribution is 0.266. The Morgan fingerprint density at radius 3 is 2.66 bits per heavy atom. The van der Waals surface area contributed by atoms with Crippen LogP contribution < -0.4 is 14.8 Å². The Balaban J connectivity index is 1.18. The second-order valence-electron chi connectivity index (χ2n) is 10.6. The van der Waals surface area contributed by atoms with E-state index in [0.29, 0.717) is 40.5 Å². The van der Waals surface area contributed by atoms with E-state index in [0.717, 1.165) is 17.7 Å². The molecule has 3 atom stereocenters. The number of nitrogens with zero attached hydrogens (tertiary/aromatic N) is 1. The summed E-state index contributed by atoms with van der Waals surface area (Å²) < 4.78 is 25.7. The highest BCUT2D eigenvalue weighted by Crippen LogP contribution is 2.50. The van der Waals surface area contributed by atoms with Gasteiger partial charge in [0.15, 0.2) is 11.5 Å². The van der Waals surface area contributed by atoms with Gasteiger partial charge in [-0.2, -0.15) is 0 Å². The quantitative estimate of drug-likeness (QED) is 0.171. The third-order valence-corrected chi connectivity index (χ3v) is 8.08. The summed E-state index contributed by atoms with van der Waals surface area (Å²) in [6, 6.07) is 25.5. The van der Waals surface area contributed by atoms with Gasteiger partial charge in [-0.3, -0.25) is 4.99 Å². The Bertz CT molecular complexity index is 1620. The molecule has 2 aliphatic rings. The van der Waals surface area contributed by atoms with Crippen LogP contribution in [0.1, 0.15) is 53.1 Å². The molecular weight excluding hydrogens is 535 g/mol. The summed E-state index contributed by atoms with van der Waals surface area (Å²) >= 11 is 6.58. The molecular formula is C35H32ClFN2O2. The predicted molar refractivity (Wildman–Crippen MR) is 165 cm³/mol. The molecule has 0 aromatic heterocycles. The molecule has 4 nitrogen and oxygen atoms in total. The molecule has 0 fully saturated rings. The number of ether oxygens (including phenoxy) is 2. The third kappa shape index (κ3) is 5.73. The van der Waals surface area contributed by atoms with E-state index in [1.807, 2.05) is 25.1 Å². The summed E-state index contributed by atoms with van der Waals surface area (Å²) in [5, 5.41) is 4.18. The second-order valence-corrected chi connectivity index (χ2v) is 11.0. The number of nitrogens with one attached hydrogen (secondary N) is 1. The highest BCUT2D eigenvalue weighted by Gasteiger charge is 2.37. The van der Waals surface area contributed by atoms with E-state index >= 15 is 0 Å². The number of anilines is 1. The molecule has 1 aliphatic heterocycles. The molecule has 208 valence electrons. The third-order valence-electron chi connectivity index (χ3n) is 7.79. The van der Waals surface area contributed by atoms with Crippen LogP contribution in [0.15, 0.2) is 96.0 Å². The smallest absolute Gasteiger partial charge is 0.180 e. The fourth-order valence-corrected chi connectivity index (χ4v) is 6.07. The Kier molecular flexibility index (Phi) is 7.80. The molecule has 0 amide bonds. The maximum atomic E-state index is 14.1. The van der Waals surface area contributed by atoms with Gasteiger partial charge in [0.2, 0.25) is 0 Å². The number of halogens is 2. The Morgan fingerprint density at radius 2 is 1.85 bits per heavy atom. The summed E-state index contributed by atoms with van der Waals surface area (Å²) in [6.45, 7) is 4.53. The zero-order valence-corrected chi connectivity index (χ0v) is 23.9. The van der Waals surface area contributed by atoms with E-state index in [1.165, 1.54) is 28.4 Å². The van der Waals surface area contributed by atoms with Crippen LogP contribution in [-0.2, 0) is 6.61 Å². The molecule has 6 rings (SSSR count). The van der Waals surface area contributed by atoms with Crippen molar-refractivity contribution >= 4 is 29.2 Å². The minimum atomic E-state index is -0.324. The van der Waals surface area contributed by atoms with Crippen molar-refractivity contribution in [1.29, 1.82) is 0 Å².